The fraction of sp³-hybridized carbons (Fsp3) is 0.500. The van der Waals surface area contributed by atoms with Gasteiger partial charge in [0.1, 0.15) is 5.69 Å². The van der Waals surface area contributed by atoms with Crippen LogP contribution in [0.2, 0.25) is 0 Å². The number of piperidine rings is 1. The maximum atomic E-state index is 12.9. The number of H-pyrrole nitrogens is 1. The molecule has 1 aromatic carbocycles. The Morgan fingerprint density at radius 1 is 0.933 bits per heavy atom. The number of imidazole rings is 1. The minimum Gasteiger partial charge on any atom is -0.348 e. The van der Waals surface area contributed by atoms with Crippen molar-refractivity contribution in [1.82, 2.24) is 25.1 Å². The van der Waals surface area contributed by atoms with Crippen molar-refractivity contribution in [3.05, 3.63) is 47.0 Å². The molecule has 1 saturated heterocycles. The van der Waals surface area contributed by atoms with E-state index in [1.54, 1.807) is 10.8 Å². The smallest absolute Gasteiger partial charge is 0.317 e. The van der Waals surface area contributed by atoms with Gasteiger partial charge in [-0.1, -0.05) is 37.5 Å². The van der Waals surface area contributed by atoms with E-state index in [0.29, 0.717) is 29.6 Å². The van der Waals surface area contributed by atoms with Gasteiger partial charge in [-0.05, 0) is 50.0 Å². The molecule has 0 unspecified atom stereocenters. The number of carbonyl (C=O) groups is 2. The van der Waals surface area contributed by atoms with Gasteiger partial charge in [-0.3, -0.25) is 9.36 Å². The average Bonchev–Trinajstić information content (AvgIpc) is 3.17. The second-order valence-electron chi connectivity index (χ2n) is 8.17. The van der Waals surface area contributed by atoms with Crippen molar-refractivity contribution >= 4 is 24.2 Å². The summed E-state index contributed by atoms with van der Waals surface area (Å²) >= 11 is 5.37. The van der Waals surface area contributed by atoms with Gasteiger partial charge < -0.3 is 20.5 Å². The highest BCUT2D eigenvalue weighted by Gasteiger charge is 2.26. The molecule has 2 fully saturated rings. The largest absolute Gasteiger partial charge is 0.348 e. The van der Waals surface area contributed by atoms with Crippen LogP contribution in [0.5, 0.6) is 0 Å². The van der Waals surface area contributed by atoms with Gasteiger partial charge >= 0.3 is 6.03 Å². The summed E-state index contributed by atoms with van der Waals surface area (Å²) in [6, 6.07) is 10.0. The van der Waals surface area contributed by atoms with Crippen LogP contribution in [0.3, 0.4) is 0 Å². The quantitative estimate of drug-likeness (QED) is 0.650. The van der Waals surface area contributed by atoms with Crippen molar-refractivity contribution in [3.63, 3.8) is 0 Å². The maximum absolute atomic E-state index is 12.9. The van der Waals surface area contributed by atoms with Crippen molar-refractivity contribution in [2.75, 3.05) is 13.1 Å². The van der Waals surface area contributed by atoms with Gasteiger partial charge in [0.25, 0.3) is 5.91 Å². The number of carbonyl (C=O) groups excluding carboxylic acids is 2. The summed E-state index contributed by atoms with van der Waals surface area (Å²) in [7, 11) is 0. The normalized spacial score (nSPS) is 18.2. The number of aromatic amines is 1. The molecule has 0 bridgehead atoms. The van der Waals surface area contributed by atoms with Crippen LogP contribution in [0.15, 0.2) is 36.5 Å². The standard InChI is InChI=1S/C22H29N5O2S/c28-20(19-15-23-22(30)27(19)18-9-5-2-6-10-18)24-17-11-13-26(14-12-17)21(29)25-16-7-3-1-4-8-16/h2,5-6,9-10,15-17H,1,3-4,7-8,11-14H2,(H,23,30)(H,24,28)(H,25,29). The Kier molecular flexibility index (Phi) is 6.52. The lowest BCUT2D eigenvalue weighted by Gasteiger charge is -2.34. The number of urea groups is 1. The zero-order chi connectivity index (χ0) is 20.9. The molecule has 1 aromatic heterocycles. The highest BCUT2D eigenvalue weighted by Crippen LogP contribution is 2.19. The van der Waals surface area contributed by atoms with Crippen molar-refractivity contribution in [3.8, 4) is 5.69 Å². The summed E-state index contributed by atoms with van der Waals surface area (Å²) in [4.78, 5) is 30.3. The SMILES string of the molecule is O=C(NC1CCN(C(=O)NC2CCCCC2)CC1)c1c[nH]c(=S)n1-c1ccccc1. The van der Waals surface area contributed by atoms with Crippen LogP contribution in [0, 0.1) is 4.77 Å². The first-order valence-electron chi connectivity index (χ1n) is 10.8. The van der Waals surface area contributed by atoms with Crippen molar-refractivity contribution in [1.29, 1.82) is 0 Å². The van der Waals surface area contributed by atoms with E-state index in [1.807, 2.05) is 35.2 Å². The summed E-state index contributed by atoms with van der Waals surface area (Å²) in [6.45, 7) is 1.31. The summed E-state index contributed by atoms with van der Waals surface area (Å²) < 4.78 is 2.23. The molecule has 0 radical (unpaired) electrons. The highest BCUT2D eigenvalue weighted by atomic mass is 32.1. The molecule has 1 aliphatic carbocycles. The van der Waals surface area contributed by atoms with Gasteiger partial charge in [0.15, 0.2) is 4.77 Å². The van der Waals surface area contributed by atoms with Crippen LogP contribution >= 0.6 is 12.2 Å². The lowest BCUT2D eigenvalue weighted by Crippen LogP contribution is -2.51. The molecular formula is C22H29N5O2S. The number of nitrogens with zero attached hydrogens (tertiary/aromatic N) is 2. The second-order valence-corrected chi connectivity index (χ2v) is 8.56. The summed E-state index contributed by atoms with van der Waals surface area (Å²) in [6.07, 6.45) is 9.00. The molecule has 0 atom stereocenters. The van der Waals surface area contributed by atoms with Gasteiger partial charge in [0.05, 0.1) is 0 Å². The lowest BCUT2D eigenvalue weighted by atomic mass is 9.95. The van der Waals surface area contributed by atoms with Crippen LogP contribution in [-0.2, 0) is 0 Å². The van der Waals surface area contributed by atoms with E-state index in [-0.39, 0.29) is 18.0 Å². The lowest BCUT2D eigenvalue weighted by molar-refractivity contribution is 0.0910. The molecule has 2 heterocycles. The number of para-hydroxylation sites is 1. The average molecular weight is 428 g/mol. The monoisotopic (exact) mass is 427 g/mol. The third-order valence-corrected chi connectivity index (χ3v) is 6.37. The molecule has 1 saturated carbocycles. The maximum Gasteiger partial charge on any atom is 0.317 e. The first-order valence-corrected chi connectivity index (χ1v) is 11.2. The van der Waals surface area contributed by atoms with Gasteiger partial charge in [-0.2, -0.15) is 0 Å². The Hall–Kier alpha value is -2.61. The molecule has 3 amide bonds. The van der Waals surface area contributed by atoms with Crippen LogP contribution in [-0.4, -0.2) is 51.6 Å². The Balaban J connectivity index is 1.32. The molecule has 2 aromatic rings. The predicted molar refractivity (Wildman–Crippen MR) is 118 cm³/mol. The van der Waals surface area contributed by atoms with Gasteiger partial charge in [-0.25, -0.2) is 4.79 Å². The van der Waals surface area contributed by atoms with Gasteiger partial charge in [-0.15, -0.1) is 0 Å². The first kappa shape index (κ1) is 20.7. The third-order valence-electron chi connectivity index (χ3n) is 6.07. The van der Waals surface area contributed by atoms with E-state index < -0.39 is 0 Å². The minimum absolute atomic E-state index is 0.0370. The number of amides is 3. The van der Waals surface area contributed by atoms with Crippen molar-refractivity contribution < 1.29 is 9.59 Å². The molecule has 3 N–H and O–H groups in total. The number of benzene rings is 1. The number of likely N-dealkylation sites (tertiary alicyclic amines) is 1. The van der Waals surface area contributed by atoms with Crippen LogP contribution in [0.1, 0.15) is 55.4 Å². The number of nitrogens with one attached hydrogen (secondary N) is 3. The van der Waals surface area contributed by atoms with Crippen LogP contribution in [0.4, 0.5) is 4.79 Å². The fourth-order valence-corrected chi connectivity index (χ4v) is 4.63. The van der Waals surface area contributed by atoms with E-state index in [1.165, 1.54) is 19.3 Å². The van der Waals surface area contributed by atoms with Crippen LogP contribution < -0.4 is 10.6 Å². The molecule has 0 spiro atoms. The Labute approximate surface area is 181 Å². The number of rotatable bonds is 4. The van der Waals surface area contributed by atoms with E-state index in [9.17, 15) is 9.59 Å². The van der Waals surface area contributed by atoms with E-state index in [4.69, 9.17) is 12.2 Å². The second kappa shape index (κ2) is 9.47. The third kappa shape index (κ3) is 4.75. The number of aromatic nitrogens is 2. The zero-order valence-electron chi connectivity index (χ0n) is 17.1. The Morgan fingerprint density at radius 2 is 1.60 bits per heavy atom. The topological polar surface area (TPSA) is 82.2 Å². The Bertz CT molecular complexity index is 925. The summed E-state index contributed by atoms with van der Waals surface area (Å²) in [5, 5.41) is 6.29. The number of hydrogen-bond acceptors (Lipinski definition) is 3. The summed E-state index contributed by atoms with van der Waals surface area (Å²) in [5.41, 5.74) is 1.34. The van der Waals surface area contributed by atoms with E-state index in [2.05, 4.69) is 15.6 Å². The molecule has 7 nitrogen and oxygen atoms in total. The molecule has 1 aliphatic heterocycles. The molecule has 160 valence electrons. The molecule has 8 heteroatoms. The predicted octanol–water partition coefficient (Wildman–Crippen LogP) is 3.77. The molecule has 2 aliphatic rings. The van der Waals surface area contributed by atoms with Crippen molar-refractivity contribution in [2.24, 2.45) is 0 Å². The van der Waals surface area contributed by atoms with E-state index in [0.717, 1.165) is 31.4 Å². The number of hydrogen-bond donors (Lipinski definition) is 3. The van der Waals surface area contributed by atoms with Crippen LogP contribution in [0.25, 0.3) is 5.69 Å². The van der Waals surface area contributed by atoms with Gasteiger partial charge in [0, 0.05) is 37.1 Å². The van der Waals surface area contributed by atoms with Gasteiger partial charge in [0.2, 0.25) is 0 Å². The molecular weight excluding hydrogens is 398 g/mol. The summed E-state index contributed by atoms with van der Waals surface area (Å²) in [5.74, 6) is -0.156. The molecule has 30 heavy (non-hydrogen) atoms. The van der Waals surface area contributed by atoms with E-state index >= 15 is 0 Å². The molecule has 4 rings (SSSR count). The minimum atomic E-state index is -0.156. The fourth-order valence-electron chi connectivity index (χ4n) is 4.37. The van der Waals surface area contributed by atoms with Crippen molar-refractivity contribution in [2.45, 2.75) is 57.0 Å². The first-order chi connectivity index (χ1) is 14.6. The Morgan fingerprint density at radius 3 is 2.30 bits per heavy atom. The highest BCUT2D eigenvalue weighted by molar-refractivity contribution is 7.71. The zero-order valence-corrected chi connectivity index (χ0v) is 17.9.